The minimum Gasteiger partial charge on any atom is -0.508 e. The van der Waals surface area contributed by atoms with Crippen molar-refractivity contribution in [2.75, 3.05) is 6.54 Å². The predicted molar refractivity (Wildman–Crippen MR) is 164 cm³/mol. The Bertz CT molecular complexity index is 1550. The zero-order valence-electron chi connectivity index (χ0n) is 24.1. The topological polar surface area (TPSA) is 138 Å². The average Bonchev–Trinajstić information content (AvgIpc) is 3.40. The van der Waals surface area contributed by atoms with Crippen LogP contribution in [-0.4, -0.2) is 51.4 Å². The second-order valence-corrected chi connectivity index (χ2v) is 11.0. The number of aromatic amines is 1. The zero-order chi connectivity index (χ0) is 30.2. The lowest BCUT2D eigenvalue weighted by Crippen LogP contribution is -2.49. The predicted octanol–water partition coefficient (Wildman–Crippen LogP) is 4.12. The summed E-state index contributed by atoms with van der Waals surface area (Å²) in [7, 11) is 0. The van der Waals surface area contributed by atoms with Crippen LogP contribution in [0.5, 0.6) is 5.75 Å². The minimum atomic E-state index is -0.697. The van der Waals surface area contributed by atoms with Gasteiger partial charge in [-0.25, -0.2) is 4.79 Å². The molecule has 0 unspecified atom stereocenters. The van der Waals surface area contributed by atoms with E-state index in [9.17, 15) is 19.5 Å². The molecule has 0 spiro atoms. The molecule has 2 atom stereocenters. The third-order valence-electron chi connectivity index (χ3n) is 7.92. The number of nitrogens with two attached hydrogens (primary N) is 1. The Morgan fingerprint density at radius 1 is 0.953 bits per heavy atom. The van der Waals surface area contributed by atoms with Crippen LogP contribution in [0.15, 0.2) is 78.9 Å². The quantitative estimate of drug-likeness (QED) is 0.147. The number of carbonyl (C=O) groups excluding carboxylic acids is 3. The van der Waals surface area contributed by atoms with Crippen LogP contribution in [0.4, 0.5) is 0 Å². The van der Waals surface area contributed by atoms with Gasteiger partial charge in [0.2, 0.25) is 11.8 Å². The van der Waals surface area contributed by atoms with E-state index in [4.69, 9.17) is 10.5 Å². The van der Waals surface area contributed by atoms with Crippen LogP contribution in [0.1, 0.15) is 48.1 Å². The number of hydrogen-bond acceptors (Lipinski definition) is 6. The molecule has 0 saturated heterocycles. The lowest BCUT2D eigenvalue weighted by molar-refractivity contribution is -0.157. The maximum Gasteiger partial charge on any atom is 0.329 e. The molecule has 2 heterocycles. The van der Waals surface area contributed by atoms with E-state index in [2.05, 4.69) is 10.3 Å². The molecular formula is C34H38N4O5. The molecular weight excluding hydrogens is 544 g/mol. The van der Waals surface area contributed by atoms with Crippen molar-refractivity contribution in [3.05, 3.63) is 101 Å². The fraction of sp³-hybridized carbons (Fsp3) is 0.324. The van der Waals surface area contributed by atoms with Crippen LogP contribution in [0.25, 0.3) is 10.9 Å². The summed E-state index contributed by atoms with van der Waals surface area (Å²) in [6.07, 6.45) is 3.16. The molecule has 1 aliphatic heterocycles. The Labute approximate surface area is 251 Å². The number of amides is 2. The summed E-state index contributed by atoms with van der Waals surface area (Å²) in [4.78, 5) is 44.2. The molecule has 5 rings (SSSR count). The van der Waals surface area contributed by atoms with Gasteiger partial charge in [0.05, 0.1) is 12.6 Å². The Hall–Kier alpha value is -4.63. The normalized spacial score (nSPS) is 15.1. The van der Waals surface area contributed by atoms with Gasteiger partial charge in [0.1, 0.15) is 18.4 Å². The molecule has 0 aliphatic carbocycles. The van der Waals surface area contributed by atoms with E-state index in [1.165, 1.54) is 0 Å². The van der Waals surface area contributed by atoms with Crippen LogP contribution < -0.4 is 11.1 Å². The molecule has 0 saturated carbocycles. The fourth-order valence-corrected chi connectivity index (χ4v) is 5.55. The number of nitrogens with zero attached hydrogens (tertiary/aromatic N) is 1. The number of phenolic OH excluding ortho intramolecular Hbond substituents is 1. The summed E-state index contributed by atoms with van der Waals surface area (Å²) < 4.78 is 5.69. The van der Waals surface area contributed by atoms with Gasteiger partial charge < -0.3 is 30.8 Å². The Morgan fingerprint density at radius 3 is 2.49 bits per heavy atom. The third kappa shape index (κ3) is 7.61. The largest absolute Gasteiger partial charge is 0.508 e. The van der Waals surface area contributed by atoms with Crippen LogP contribution in [0.3, 0.4) is 0 Å². The first kappa shape index (κ1) is 29.8. The van der Waals surface area contributed by atoms with Crippen molar-refractivity contribution in [2.24, 2.45) is 5.73 Å². The molecule has 5 N–H and O–H groups in total. The molecule has 224 valence electrons. The van der Waals surface area contributed by atoms with E-state index >= 15 is 0 Å². The standard InChI is InChI=1S/C34H38N4O5/c35-28(19-23-14-16-25(39)17-15-23)33(41)36-18-8-2-5-13-32(40)38-21-30-27(26-11-6-7-12-29(26)37-30)20-31(38)34(42)43-22-24-9-3-1-4-10-24/h1,3-4,6-7,9-12,14-17,28,31,37,39H,2,5,8,13,18-22,35H2,(H,36,41)/t28-,31-/m0/s1. The summed E-state index contributed by atoms with van der Waals surface area (Å²) in [6.45, 7) is 0.944. The number of fused-ring (bicyclic) bond motifs is 3. The lowest BCUT2D eigenvalue weighted by atomic mass is 9.96. The number of phenols is 1. The highest BCUT2D eigenvalue weighted by Gasteiger charge is 2.37. The van der Waals surface area contributed by atoms with Gasteiger partial charge in [0.15, 0.2) is 0 Å². The molecule has 4 aromatic rings. The highest BCUT2D eigenvalue weighted by atomic mass is 16.5. The molecule has 3 aromatic carbocycles. The number of rotatable bonds is 12. The van der Waals surface area contributed by atoms with Crippen LogP contribution in [0, 0.1) is 0 Å². The number of H-pyrrole nitrogens is 1. The number of aromatic hydroxyl groups is 1. The molecule has 0 fully saturated rings. The van der Waals surface area contributed by atoms with E-state index < -0.39 is 18.1 Å². The zero-order valence-corrected chi connectivity index (χ0v) is 24.1. The van der Waals surface area contributed by atoms with Gasteiger partial charge in [-0.2, -0.15) is 0 Å². The number of para-hydroxylation sites is 1. The van der Waals surface area contributed by atoms with Crippen molar-refractivity contribution in [1.82, 2.24) is 15.2 Å². The summed E-state index contributed by atoms with van der Waals surface area (Å²) >= 11 is 0. The molecule has 0 radical (unpaired) electrons. The average molecular weight is 583 g/mol. The highest BCUT2D eigenvalue weighted by molar-refractivity contribution is 5.89. The number of aromatic nitrogens is 1. The Morgan fingerprint density at radius 2 is 1.70 bits per heavy atom. The Kier molecular flexibility index (Phi) is 9.73. The van der Waals surface area contributed by atoms with E-state index in [-0.39, 0.29) is 24.2 Å². The summed E-state index contributed by atoms with van der Waals surface area (Å²) in [5.41, 5.74) is 10.8. The lowest BCUT2D eigenvalue weighted by Gasteiger charge is -2.34. The summed E-state index contributed by atoms with van der Waals surface area (Å²) in [6, 6.07) is 22.7. The first-order valence-corrected chi connectivity index (χ1v) is 14.8. The molecule has 43 heavy (non-hydrogen) atoms. The van der Waals surface area contributed by atoms with Gasteiger partial charge in [0, 0.05) is 36.0 Å². The number of hydrogen-bond donors (Lipinski definition) is 4. The molecule has 1 aromatic heterocycles. The van der Waals surface area contributed by atoms with Crippen molar-refractivity contribution < 1.29 is 24.2 Å². The van der Waals surface area contributed by atoms with E-state index in [0.717, 1.165) is 39.7 Å². The first-order valence-electron chi connectivity index (χ1n) is 14.8. The van der Waals surface area contributed by atoms with Gasteiger partial charge in [-0.15, -0.1) is 0 Å². The SMILES string of the molecule is N[C@@H](Cc1ccc(O)cc1)C(=O)NCCCCCC(=O)N1Cc2[nH]c3ccccc3c2C[C@H]1C(=O)OCc1ccccc1. The monoisotopic (exact) mass is 582 g/mol. The van der Waals surface area contributed by atoms with E-state index in [1.807, 2.05) is 54.6 Å². The number of nitrogens with one attached hydrogen (secondary N) is 2. The van der Waals surface area contributed by atoms with Gasteiger partial charge in [-0.1, -0.05) is 67.1 Å². The second kappa shape index (κ2) is 14.0. The molecule has 2 amide bonds. The van der Waals surface area contributed by atoms with Gasteiger partial charge in [-0.05, 0) is 54.2 Å². The summed E-state index contributed by atoms with van der Waals surface area (Å²) in [5.74, 6) is -0.560. The molecule has 1 aliphatic rings. The third-order valence-corrected chi connectivity index (χ3v) is 7.92. The van der Waals surface area contributed by atoms with E-state index in [0.29, 0.717) is 45.2 Å². The van der Waals surface area contributed by atoms with Crippen LogP contribution >= 0.6 is 0 Å². The summed E-state index contributed by atoms with van der Waals surface area (Å²) in [5, 5.41) is 13.3. The van der Waals surface area contributed by atoms with Crippen LogP contribution in [0.2, 0.25) is 0 Å². The maximum atomic E-state index is 13.4. The smallest absolute Gasteiger partial charge is 0.329 e. The van der Waals surface area contributed by atoms with Crippen molar-refractivity contribution in [3.63, 3.8) is 0 Å². The van der Waals surface area contributed by atoms with Crippen molar-refractivity contribution >= 4 is 28.7 Å². The van der Waals surface area contributed by atoms with Gasteiger partial charge >= 0.3 is 5.97 Å². The first-order chi connectivity index (χ1) is 20.9. The Balaban J connectivity index is 1.12. The number of esters is 1. The number of benzene rings is 3. The second-order valence-electron chi connectivity index (χ2n) is 11.0. The van der Waals surface area contributed by atoms with Crippen molar-refractivity contribution in [2.45, 2.75) is 63.8 Å². The van der Waals surface area contributed by atoms with Gasteiger partial charge in [-0.3, -0.25) is 9.59 Å². The molecule has 0 bridgehead atoms. The van der Waals surface area contributed by atoms with Crippen molar-refractivity contribution in [1.29, 1.82) is 0 Å². The van der Waals surface area contributed by atoms with Crippen molar-refractivity contribution in [3.8, 4) is 5.75 Å². The molecule has 9 heteroatoms. The van der Waals surface area contributed by atoms with Crippen LogP contribution in [-0.2, 0) is 45.1 Å². The fourth-order valence-electron chi connectivity index (χ4n) is 5.55. The number of carbonyl (C=O) groups is 3. The number of unbranched alkanes of at least 4 members (excludes halogenated alkanes) is 2. The minimum absolute atomic E-state index is 0.0917. The highest BCUT2D eigenvalue weighted by Crippen LogP contribution is 2.31. The van der Waals surface area contributed by atoms with Gasteiger partial charge in [0.25, 0.3) is 0 Å². The maximum absolute atomic E-state index is 13.4. The molecule has 9 nitrogen and oxygen atoms in total. The number of ether oxygens (including phenoxy) is 1. The van der Waals surface area contributed by atoms with E-state index in [1.54, 1.807) is 29.2 Å².